The minimum atomic E-state index is 0.803. The molecule has 1 heteroatoms. The molecule has 1 nitrogen and oxygen atoms in total. The fourth-order valence-electron chi connectivity index (χ4n) is 4.56. The van der Waals surface area contributed by atoms with Crippen molar-refractivity contribution in [2.75, 3.05) is 19.6 Å². The molecule has 1 unspecified atom stereocenters. The smallest absolute Gasteiger partial charge is 0.000438 e. The Morgan fingerprint density at radius 3 is 2.76 bits per heavy atom. The molecule has 0 radical (unpaired) electrons. The zero-order valence-electron chi connectivity index (χ0n) is 13.9. The fourth-order valence-corrected chi connectivity index (χ4v) is 4.56. The minimum Gasteiger partial charge on any atom is -0.303 e. The highest BCUT2D eigenvalue weighted by atomic mass is 15.1. The Labute approximate surface area is 130 Å². The number of likely N-dealkylation sites (tertiary alicyclic amines) is 1. The van der Waals surface area contributed by atoms with Crippen LogP contribution >= 0.6 is 0 Å². The van der Waals surface area contributed by atoms with Gasteiger partial charge >= 0.3 is 0 Å². The van der Waals surface area contributed by atoms with Gasteiger partial charge in [-0.15, -0.1) is 0 Å². The van der Waals surface area contributed by atoms with Crippen LogP contribution in [0.5, 0.6) is 0 Å². The molecule has 0 amide bonds. The monoisotopic (exact) mass is 285 g/mol. The van der Waals surface area contributed by atoms with Crippen LogP contribution in [-0.4, -0.2) is 24.5 Å². The first kappa shape index (κ1) is 15.1. The van der Waals surface area contributed by atoms with Crippen molar-refractivity contribution in [1.82, 2.24) is 4.90 Å². The van der Waals surface area contributed by atoms with Crippen LogP contribution in [0.2, 0.25) is 0 Å². The van der Waals surface area contributed by atoms with E-state index in [4.69, 9.17) is 0 Å². The molecule has 1 aliphatic carbocycles. The van der Waals surface area contributed by atoms with Crippen LogP contribution in [0.15, 0.2) is 24.3 Å². The standard InChI is InChI=1S/C20H31N/c1-16(2)15-21-13-6-9-18(12-14-21)20-11-5-8-17-7-3-4-10-19(17)20/h3-4,7,10,16,18,20H,5-6,8-9,11-15H2,1-2H3/t18-,20?/m1/s1. The minimum absolute atomic E-state index is 0.803. The molecule has 21 heavy (non-hydrogen) atoms. The topological polar surface area (TPSA) is 3.24 Å². The van der Waals surface area contributed by atoms with Gasteiger partial charge in [0.05, 0.1) is 0 Å². The summed E-state index contributed by atoms with van der Waals surface area (Å²) in [5.41, 5.74) is 3.32. The Balaban J connectivity index is 1.68. The van der Waals surface area contributed by atoms with Crippen LogP contribution in [0.25, 0.3) is 0 Å². The van der Waals surface area contributed by atoms with E-state index in [2.05, 4.69) is 43.0 Å². The first-order chi connectivity index (χ1) is 10.2. The molecule has 0 N–H and O–H groups in total. The van der Waals surface area contributed by atoms with Gasteiger partial charge in [-0.25, -0.2) is 0 Å². The van der Waals surface area contributed by atoms with Crippen LogP contribution in [0, 0.1) is 11.8 Å². The molecule has 0 bridgehead atoms. The molecule has 1 aromatic carbocycles. The summed E-state index contributed by atoms with van der Waals surface area (Å²) in [4.78, 5) is 2.71. The molecule has 1 saturated heterocycles. The lowest BCUT2D eigenvalue weighted by Gasteiger charge is -2.32. The number of benzene rings is 1. The van der Waals surface area contributed by atoms with Crippen LogP contribution in [0.1, 0.15) is 63.0 Å². The zero-order valence-corrected chi connectivity index (χ0v) is 13.9. The molecule has 0 spiro atoms. The number of fused-ring (bicyclic) bond motifs is 1. The second kappa shape index (κ2) is 6.96. The van der Waals surface area contributed by atoms with E-state index in [0.717, 1.165) is 17.8 Å². The summed E-state index contributed by atoms with van der Waals surface area (Å²) in [6.07, 6.45) is 8.37. The normalized spacial score (nSPS) is 27.4. The lowest BCUT2D eigenvalue weighted by atomic mass is 9.73. The van der Waals surface area contributed by atoms with Crippen molar-refractivity contribution in [2.24, 2.45) is 11.8 Å². The molecule has 1 heterocycles. The summed E-state index contributed by atoms with van der Waals surface area (Å²) < 4.78 is 0. The SMILES string of the molecule is CC(C)CN1CCC[C@@H](C2CCCc3ccccc32)CC1. The third kappa shape index (κ3) is 3.69. The third-order valence-corrected chi connectivity index (χ3v) is 5.47. The highest BCUT2D eigenvalue weighted by molar-refractivity contribution is 5.33. The number of hydrogen-bond donors (Lipinski definition) is 0. The highest BCUT2D eigenvalue weighted by Gasteiger charge is 2.29. The summed E-state index contributed by atoms with van der Waals surface area (Å²) in [5, 5.41) is 0. The first-order valence-corrected chi connectivity index (χ1v) is 9.04. The van der Waals surface area contributed by atoms with E-state index in [0.29, 0.717) is 0 Å². The van der Waals surface area contributed by atoms with Crippen molar-refractivity contribution >= 4 is 0 Å². The average Bonchev–Trinajstić information content (AvgIpc) is 2.71. The number of aryl methyl sites for hydroxylation is 1. The summed E-state index contributed by atoms with van der Waals surface area (Å²) in [6, 6.07) is 9.25. The Kier molecular flexibility index (Phi) is 5.00. The van der Waals surface area contributed by atoms with Crippen molar-refractivity contribution in [3.63, 3.8) is 0 Å². The predicted octanol–water partition coefficient (Wildman–Crippen LogP) is 4.86. The first-order valence-electron chi connectivity index (χ1n) is 9.04. The molecular formula is C20H31N. The largest absolute Gasteiger partial charge is 0.303 e. The molecule has 2 atom stereocenters. The Hall–Kier alpha value is -0.820. The van der Waals surface area contributed by atoms with E-state index in [9.17, 15) is 0 Å². The quantitative estimate of drug-likeness (QED) is 0.766. The van der Waals surface area contributed by atoms with Crippen LogP contribution < -0.4 is 0 Å². The average molecular weight is 285 g/mol. The molecular weight excluding hydrogens is 254 g/mol. The number of rotatable bonds is 3. The van der Waals surface area contributed by atoms with Gasteiger partial charge in [0.25, 0.3) is 0 Å². The van der Waals surface area contributed by atoms with E-state index in [1.54, 1.807) is 11.1 Å². The molecule has 116 valence electrons. The van der Waals surface area contributed by atoms with Gasteiger partial charge in [0.15, 0.2) is 0 Å². The van der Waals surface area contributed by atoms with Gasteiger partial charge in [0.1, 0.15) is 0 Å². The maximum Gasteiger partial charge on any atom is 0.000438 e. The molecule has 2 aliphatic rings. The lowest BCUT2D eigenvalue weighted by molar-refractivity contribution is 0.246. The Morgan fingerprint density at radius 2 is 1.90 bits per heavy atom. The van der Waals surface area contributed by atoms with Crippen molar-refractivity contribution < 1.29 is 0 Å². The summed E-state index contributed by atoms with van der Waals surface area (Å²) in [5.74, 6) is 2.56. The molecule has 0 aromatic heterocycles. The van der Waals surface area contributed by atoms with Crippen molar-refractivity contribution in [2.45, 2.75) is 58.3 Å². The highest BCUT2D eigenvalue weighted by Crippen LogP contribution is 2.41. The van der Waals surface area contributed by atoms with E-state index in [1.165, 1.54) is 58.2 Å². The van der Waals surface area contributed by atoms with Gasteiger partial charge in [0, 0.05) is 6.54 Å². The van der Waals surface area contributed by atoms with Gasteiger partial charge in [-0.1, -0.05) is 38.1 Å². The van der Waals surface area contributed by atoms with E-state index >= 15 is 0 Å². The molecule has 1 fully saturated rings. The van der Waals surface area contributed by atoms with Crippen LogP contribution in [0.3, 0.4) is 0 Å². The molecule has 3 rings (SSSR count). The maximum absolute atomic E-state index is 2.71. The predicted molar refractivity (Wildman–Crippen MR) is 90.7 cm³/mol. The second-order valence-electron chi connectivity index (χ2n) is 7.58. The molecule has 1 aliphatic heterocycles. The molecule has 1 aromatic rings. The zero-order chi connectivity index (χ0) is 14.7. The van der Waals surface area contributed by atoms with Gasteiger partial charge in [-0.3, -0.25) is 0 Å². The fraction of sp³-hybridized carbons (Fsp3) is 0.700. The van der Waals surface area contributed by atoms with E-state index < -0.39 is 0 Å². The van der Waals surface area contributed by atoms with E-state index in [1.807, 2.05) is 0 Å². The van der Waals surface area contributed by atoms with Gasteiger partial charge in [0.2, 0.25) is 0 Å². The Morgan fingerprint density at radius 1 is 1.05 bits per heavy atom. The summed E-state index contributed by atoms with van der Waals surface area (Å²) in [6.45, 7) is 8.62. The van der Waals surface area contributed by atoms with Crippen molar-refractivity contribution in [3.8, 4) is 0 Å². The maximum atomic E-state index is 2.71. The summed E-state index contributed by atoms with van der Waals surface area (Å²) in [7, 11) is 0. The van der Waals surface area contributed by atoms with Gasteiger partial charge < -0.3 is 4.90 Å². The van der Waals surface area contributed by atoms with E-state index in [-0.39, 0.29) is 0 Å². The van der Waals surface area contributed by atoms with Gasteiger partial charge in [-0.05, 0) is 80.5 Å². The Bertz CT molecular complexity index is 451. The second-order valence-corrected chi connectivity index (χ2v) is 7.58. The van der Waals surface area contributed by atoms with Gasteiger partial charge in [-0.2, -0.15) is 0 Å². The third-order valence-electron chi connectivity index (χ3n) is 5.47. The molecule has 0 saturated carbocycles. The van der Waals surface area contributed by atoms with Crippen molar-refractivity contribution in [1.29, 1.82) is 0 Å². The van der Waals surface area contributed by atoms with Crippen molar-refractivity contribution in [3.05, 3.63) is 35.4 Å². The lowest BCUT2D eigenvalue weighted by Crippen LogP contribution is -2.29. The van der Waals surface area contributed by atoms with Crippen LogP contribution in [-0.2, 0) is 6.42 Å². The number of hydrogen-bond acceptors (Lipinski definition) is 1. The van der Waals surface area contributed by atoms with Crippen LogP contribution in [0.4, 0.5) is 0 Å². The summed E-state index contributed by atoms with van der Waals surface area (Å²) >= 11 is 0. The number of nitrogens with zero attached hydrogens (tertiary/aromatic N) is 1.